The molecule has 1 heterocycles. The second kappa shape index (κ2) is 9.18. The lowest BCUT2D eigenvalue weighted by Crippen LogP contribution is -2.35. The lowest BCUT2D eigenvalue weighted by Gasteiger charge is -2.16. The number of Topliss-reactive ketones (excluding diaryl/α,β-unsaturated/α-hetero) is 1. The Balaban J connectivity index is 1.81. The van der Waals surface area contributed by atoms with Crippen LogP contribution in [0.3, 0.4) is 0 Å². The zero-order valence-electron chi connectivity index (χ0n) is 14.1. The summed E-state index contributed by atoms with van der Waals surface area (Å²) in [6, 6.07) is 10.2. The van der Waals surface area contributed by atoms with E-state index in [9.17, 15) is 14.4 Å². The van der Waals surface area contributed by atoms with E-state index in [1.807, 2.05) is 0 Å². The number of terminal acetylenes is 1. The SMILES string of the molecule is C#Cc1cccc(NC(=O)CN(C)C(=O)CCC(=O)c2ccc(Cl)s2)c1. The van der Waals surface area contributed by atoms with Crippen LogP contribution in [0.15, 0.2) is 36.4 Å². The minimum absolute atomic E-state index is 0.0325. The van der Waals surface area contributed by atoms with E-state index >= 15 is 0 Å². The number of thiophene rings is 1. The third-order valence-corrected chi connectivity index (χ3v) is 4.81. The van der Waals surface area contributed by atoms with Gasteiger partial charge in [0.25, 0.3) is 0 Å². The Morgan fingerprint density at radius 3 is 2.65 bits per heavy atom. The third kappa shape index (κ3) is 5.73. The number of ketones is 1. The van der Waals surface area contributed by atoms with Crippen molar-refractivity contribution in [2.45, 2.75) is 12.8 Å². The van der Waals surface area contributed by atoms with Gasteiger partial charge in [-0.3, -0.25) is 14.4 Å². The number of rotatable bonds is 7. The highest BCUT2D eigenvalue weighted by atomic mass is 35.5. The van der Waals surface area contributed by atoms with Crippen molar-refractivity contribution in [2.24, 2.45) is 0 Å². The van der Waals surface area contributed by atoms with E-state index in [2.05, 4.69) is 11.2 Å². The maximum atomic E-state index is 12.1. The number of likely N-dealkylation sites (N-methyl/N-ethyl adjacent to an activating group) is 1. The number of benzene rings is 1. The number of carbonyl (C=O) groups is 3. The summed E-state index contributed by atoms with van der Waals surface area (Å²) < 4.78 is 0.530. The fraction of sp³-hybridized carbons (Fsp3) is 0.211. The van der Waals surface area contributed by atoms with Crippen LogP contribution in [0, 0.1) is 12.3 Å². The Morgan fingerprint density at radius 1 is 1.23 bits per heavy atom. The largest absolute Gasteiger partial charge is 0.336 e. The van der Waals surface area contributed by atoms with Crippen LogP contribution in [0.25, 0.3) is 0 Å². The van der Waals surface area contributed by atoms with Gasteiger partial charge in [-0.1, -0.05) is 23.6 Å². The highest BCUT2D eigenvalue weighted by Crippen LogP contribution is 2.23. The van der Waals surface area contributed by atoms with Gasteiger partial charge in [0.05, 0.1) is 15.8 Å². The molecule has 0 saturated carbocycles. The zero-order valence-corrected chi connectivity index (χ0v) is 15.7. The van der Waals surface area contributed by atoms with E-state index in [4.69, 9.17) is 18.0 Å². The van der Waals surface area contributed by atoms with Gasteiger partial charge in [-0.2, -0.15) is 0 Å². The predicted molar refractivity (Wildman–Crippen MR) is 104 cm³/mol. The summed E-state index contributed by atoms with van der Waals surface area (Å²) in [7, 11) is 1.52. The number of nitrogens with one attached hydrogen (secondary N) is 1. The number of anilines is 1. The Labute approximate surface area is 161 Å². The molecule has 0 aliphatic carbocycles. The Bertz CT molecular complexity index is 870. The van der Waals surface area contributed by atoms with Crippen molar-refractivity contribution < 1.29 is 14.4 Å². The topological polar surface area (TPSA) is 66.5 Å². The average Bonchev–Trinajstić information content (AvgIpc) is 3.05. The van der Waals surface area contributed by atoms with Gasteiger partial charge in [0.15, 0.2) is 5.78 Å². The van der Waals surface area contributed by atoms with Crippen molar-refractivity contribution >= 4 is 46.2 Å². The second-order valence-electron chi connectivity index (χ2n) is 5.55. The molecule has 0 aliphatic heterocycles. The maximum Gasteiger partial charge on any atom is 0.243 e. The molecule has 134 valence electrons. The van der Waals surface area contributed by atoms with Crippen molar-refractivity contribution in [3.05, 3.63) is 51.2 Å². The maximum absolute atomic E-state index is 12.1. The van der Waals surface area contributed by atoms with E-state index in [1.165, 1.54) is 23.3 Å². The smallest absolute Gasteiger partial charge is 0.243 e. The summed E-state index contributed by atoms with van der Waals surface area (Å²) in [5, 5.41) is 2.69. The molecule has 2 amide bonds. The second-order valence-corrected chi connectivity index (χ2v) is 7.27. The lowest BCUT2D eigenvalue weighted by molar-refractivity contribution is -0.133. The van der Waals surface area contributed by atoms with Crippen LogP contribution >= 0.6 is 22.9 Å². The summed E-state index contributed by atoms with van der Waals surface area (Å²) in [4.78, 5) is 38.0. The van der Waals surface area contributed by atoms with Crippen LogP contribution in [0.2, 0.25) is 4.34 Å². The molecule has 1 aromatic carbocycles. The highest BCUT2D eigenvalue weighted by Gasteiger charge is 2.16. The zero-order chi connectivity index (χ0) is 19.1. The van der Waals surface area contributed by atoms with Crippen molar-refractivity contribution in [3.8, 4) is 12.3 Å². The van der Waals surface area contributed by atoms with Crippen molar-refractivity contribution in [2.75, 3.05) is 18.9 Å². The fourth-order valence-corrected chi connectivity index (χ4v) is 3.20. The molecule has 0 aliphatic rings. The Hall–Kier alpha value is -2.62. The molecule has 0 bridgehead atoms. The minimum Gasteiger partial charge on any atom is -0.336 e. The molecule has 1 aromatic heterocycles. The first-order valence-electron chi connectivity index (χ1n) is 7.78. The van der Waals surface area contributed by atoms with Gasteiger partial charge in [-0.15, -0.1) is 17.8 Å². The molecule has 26 heavy (non-hydrogen) atoms. The number of carbonyl (C=O) groups excluding carboxylic acids is 3. The monoisotopic (exact) mass is 388 g/mol. The summed E-state index contributed by atoms with van der Waals surface area (Å²) in [5.74, 6) is 1.72. The van der Waals surface area contributed by atoms with Gasteiger partial charge in [0.1, 0.15) is 0 Å². The average molecular weight is 389 g/mol. The van der Waals surface area contributed by atoms with Crippen molar-refractivity contribution in [1.82, 2.24) is 4.90 Å². The normalized spacial score (nSPS) is 10.0. The minimum atomic E-state index is -0.341. The molecule has 5 nitrogen and oxygen atoms in total. The van der Waals surface area contributed by atoms with Crippen LogP contribution in [-0.2, 0) is 9.59 Å². The summed E-state index contributed by atoms with van der Waals surface area (Å²) in [5.41, 5.74) is 1.22. The number of nitrogens with zero attached hydrogens (tertiary/aromatic N) is 1. The van der Waals surface area contributed by atoms with Gasteiger partial charge in [0, 0.05) is 31.1 Å². The van der Waals surface area contributed by atoms with E-state index in [1.54, 1.807) is 36.4 Å². The first-order valence-corrected chi connectivity index (χ1v) is 8.97. The van der Waals surface area contributed by atoms with E-state index in [-0.39, 0.29) is 37.0 Å². The number of hydrogen-bond donors (Lipinski definition) is 1. The molecule has 7 heteroatoms. The molecule has 0 spiro atoms. The van der Waals surface area contributed by atoms with E-state index < -0.39 is 0 Å². The molecule has 2 aromatic rings. The predicted octanol–water partition coefficient (Wildman–Crippen LogP) is 3.44. The Kier molecular flexibility index (Phi) is 6.96. The van der Waals surface area contributed by atoms with Gasteiger partial charge in [-0.05, 0) is 30.3 Å². The Morgan fingerprint density at radius 2 is 2.00 bits per heavy atom. The molecule has 0 radical (unpaired) electrons. The summed E-state index contributed by atoms with van der Waals surface area (Å²) in [6.45, 7) is -0.113. The number of hydrogen-bond acceptors (Lipinski definition) is 4. The summed E-state index contributed by atoms with van der Waals surface area (Å²) in [6.07, 6.45) is 5.43. The summed E-state index contributed by atoms with van der Waals surface area (Å²) >= 11 is 6.98. The van der Waals surface area contributed by atoms with E-state index in [0.717, 1.165) is 0 Å². The molecule has 1 N–H and O–H groups in total. The quantitative estimate of drug-likeness (QED) is 0.583. The standard InChI is InChI=1S/C19H17ClN2O3S/c1-3-13-5-4-6-14(11-13)21-18(24)12-22(2)19(25)10-7-15(23)16-8-9-17(20)26-16/h1,4-6,8-9,11H,7,10,12H2,2H3,(H,21,24). The van der Waals surface area contributed by atoms with Crippen LogP contribution in [0.1, 0.15) is 28.1 Å². The first-order chi connectivity index (χ1) is 12.4. The fourth-order valence-electron chi connectivity index (χ4n) is 2.19. The highest BCUT2D eigenvalue weighted by molar-refractivity contribution is 7.18. The molecule has 0 unspecified atom stereocenters. The van der Waals surface area contributed by atoms with Gasteiger partial charge < -0.3 is 10.2 Å². The molecule has 2 rings (SSSR count). The molecular weight excluding hydrogens is 372 g/mol. The van der Waals surface area contributed by atoms with Crippen LogP contribution < -0.4 is 5.32 Å². The molecular formula is C19H17ClN2O3S. The molecule has 0 saturated heterocycles. The third-order valence-electron chi connectivity index (χ3n) is 3.53. The van der Waals surface area contributed by atoms with E-state index in [0.29, 0.717) is 20.5 Å². The molecule has 0 fully saturated rings. The van der Waals surface area contributed by atoms with Gasteiger partial charge in [-0.25, -0.2) is 0 Å². The lowest BCUT2D eigenvalue weighted by atomic mass is 10.2. The van der Waals surface area contributed by atoms with Crippen LogP contribution in [-0.4, -0.2) is 36.1 Å². The van der Waals surface area contributed by atoms with Gasteiger partial charge >= 0.3 is 0 Å². The van der Waals surface area contributed by atoms with Gasteiger partial charge in [0.2, 0.25) is 11.8 Å². The van der Waals surface area contributed by atoms with Crippen LogP contribution in [0.4, 0.5) is 5.69 Å². The molecule has 0 atom stereocenters. The first kappa shape index (κ1) is 19.7. The van der Waals surface area contributed by atoms with Crippen LogP contribution in [0.5, 0.6) is 0 Å². The number of halogens is 1. The van der Waals surface area contributed by atoms with Crippen molar-refractivity contribution in [3.63, 3.8) is 0 Å². The van der Waals surface area contributed by atoms with Crippen molar-refractivity contribution in [1.29, 1.82) is 0 Å². The number of amides is 2.